The Morgan fingerprint density at radius 3 is 1.74 bits per heavy atom. The van der Waals surface area contributed by atoms with E-state index in [1.165, 1.54) is 11.1 Å². The number of hydrogen-bond acceptors (Lipinski definition) is 2. The van der Waals surface area contributed by atoms with Gasteiger partial charge < -0.3 is 11.1 Å². The Labute approximate surface area is 144 Å². The van der Waals surface area contributed by atoms with E-state index in [2.05, 4.69) is 50.4 Å². The van der Waals surface area contributed by atoms with Crippen LogP contribution in [0.3, 0.4) is 0 Å². The molecule has 0 fully saturated rings. The first-order chi connectivity index (χ1) is 10.4. The molecule has 0 aliphatic carbocycles. The van der Waals surface area contributed by atoms with Crippen molar-refractivity contribution in [2.24, 2.45) is 5.73 Å². The fraction of sp³-hybridized carbons (Fsp3) is 0.316. The number of hydrogen-bond donors (Lipinski definition) is 2. The maximum Gasteiger partial charge on any atom is 0.248 e. The third kappa shape index (κ3) is 5.70. The first-order valence-corrected chi connectivity index (χ1v) is 7.55. The topological polar surface area (TPSA) is 55.1 Å². The predicted molar refractivity (Wildman–Crippen MR) is 97.9 cm³/mol. The summed E-state index contributed by atoms with van der Waals surface area (Å²) in [4.78, 5) is 11.0. The van der Waals surface area contributed by atoms with E-state index in [1.807, 2.05) is 12.1 Å². The van der Waals surface area contributed by atoms with Gasteiger partial charge >= 0.3 is 0 Å². The van der Waals surface area contributed by atoms with Crippen LogP contribution in [0.15, 0.2) is 48.5 Å². The van der Waals surface area contributed by atoms with Crippen LogP contribution < -0.4 is 11.1 Å². The van der Waals surface area contributed by atoms with Crippen molar-refractivity contribution in [3.8, 4) is 0 Å². The van der Waals surface area contributed by atoms with Gasteiger partial charge in [-0.3, -0.25) is 4.79 Å². The molecule has 2 rings (SSSR count). The Balaban J connectivity index is 0.00000264. The lowest BCUT2D eigenvalue weighted by atomic mass is 9.87. The van der Waals surface area contributed by atoms with Crippen molar-refractivity contribution in [1.29, 1.82) is 0 Å². The second-order valence-electron chi connectivity index (χ2n) is 6.61. The van der Waals surface area contributed by atoms with Gasteiger partial charge in [-0.05, 0) is 34.2 Å². The van der Waals surface area contributed by atoms with E-state index >= 15 is 0 Å². The van der Waals surface area contributed by atoms with Gasteiger partial charge in [0.1, 0.15) is 0 Å². The summed E-state index contributed by atoms with van der Waals surface area (Å²) in [5, 5.41) is 3.41. The first-order valence-electron chi connectivity index (χ1n) is 7.55. The van der Waals surface area contributed by atoms with Gasteiger partial charge in [0.15, 0.2) is 0 Å². The van der Waals surface area contributed by atoms with Crippen molar-refractivity contribution in [3.05, 3.63) is 70.8 Å². The van der Waals surface area contributed by atoms with Gasteiger partial charge in [-0.15, -0.1) is 12.4 Å². The molecule has 0 saturated carbocycles. The van der Waals surface area contributed by atoms with E-state index in [1.54, 1.807) is 12.1 Å². The summed E-state index contributed by atoms with van der Waals surface area (Å²) >= 11 is 0. The number of carbonyl (C=O) groups is 1. The third-order valence-electron chi connectivity index (χ3n) is 3.72. The Kier molecular flexibility index (Phi) is 6.79. The predicted octanol–water partition coefficient (Wildman–Crippen LogP) is 3.79. The van der Waals surface area contributed by atoms with Crippen molar-refractivity contribution >= 4 is 18.3 Å². The average Bonchev–Trinajstić information content (AvgIpc) is 2.47. The zero-order valence-corrected chi connectivity index (χ0v) is 14.7. The summed E-state index contributed by atoms with van der Waals surface area (Å²) in [6.45, 7) is 8.24. The number of carbonyl (C=O) groups excluding carboxylic acids is 1. The molecule has 23 heavy (non-hydrogen) atoms. The van der Waals surface area contributed by atoms with E-state index < -0.39 is 5.91 Å². The summed E-state index contributed by atoms with van der Waals surface area (Å²) in [5.74, 6) is -0.390. The maximum atomic E-state index is 11.0. The molecule has 3 nitrogen and oxygen atoms in total. The maximum absolute atomic E-state index is 11.0. The number of amides is 1. The van der Waals surface area contributed by atoms with Crippen LogP contribution in [-0.2, 0) is 18.5 Å². The van der Waals surface area contributed by atoms with E-state index in [0.29, 0.717) is 5.56 Å². The Morgan fingerprint density at radius 2 is 1.35 bits per heavy atom. The SMILES string of the molecule is CC(C)(C)c1ccc(CNCc2ccc(C(N)=O)cc2)cc1.Cl. The molecular formula is C19H25ClN2O. The largest absolute Gasteiger partial charge is 0.366 e. The molecule has 0 spiro atoms. The number of benzene rings is 2. The lowest BCUT2D eigenvalue weighted by Gasteiger charge is -2.19. The quantitative estimate of drug-likeness (QED) is 0.875. The van der Waals surface area contributed by atoms with Gasteiger partial charge in [0.25, 0.3) is 0 Å². The highest BCUT2D eigenvalue weighted by Gasteiger charge is 2.12. The molecule has 0 aromatic heterocycles. The van der Waals surface area contributed by atoms with Crippen LogP contribution in [0.2, 0.25) is 0 Å². The molecule has 0 bridgehead atoms. The summed E-state index contributed by atoms with van der Waals surface area (Å²) < 4.78 is 0. The highest BCUT2D eigenvalue weighted by molar-refractivity contribution is 5.92. The summed E-state index contributed by atoms with van der Waals surface area (Å²) in [5.41, 5.74) is 9.71. The van der Waals surface area contributed by atoms with Gasteiger partial charge in [-0.1, -0.05) is 57.2 Å². The van der Waals surface area contributed by atoms with E-state index in [0.717, 1.165) is 18.7 Å². The Morgan fingerprint density at radius 1 is 0.913 bits per heavy atom. The zero-order chi connectivity index (χ0) is 16.2. The second kappa shape index (κ2) is 8.14. The summed E-state index contributed by atoms with van der Waals surface area (Å²) in [6, 6.07) is 16.1. The molecule has 2 aromatic carbocycles. The zero-order valence-electron chi connectivity index (χ0n) is 13.9. The number of primary amides is 1. The third-order valence-corrected chi connectivity index (χ3v) is 3.72. The minimum Gasteiger partial charge on any atom is -0.366 e. The van der Waals surface area contributed by atoms with Crippen LogP contribution in [0, 0.1) is 0 Å². The standard InChI is InChI=1S/C19H24N2O.ClH/c1-19(2,3)17-10-6-15(7-11-17)13-21-12-14-4-8-16(9-5-14)18(20)22;/h4-11,21H,12-13H2,1-3H3,(H2,20,22);1H. The molecule has 0 aliphatic rings. The molecule has 124 valence electrons. The van der Waals surface area contributed by atoms with Crippen LogP contribution in [0.25, 0.3) is 0 Å². The Bertz CT molecular complexity index is 628. The van der Waals surface area contributed by atoms with Crippen molar-refractivity contribution in [2.75, 3.05) is 0 Å². The molecule has 0 saturated heterocycles. The molecule has 1 amide bonds. The summed E-state index contributed by atoms with van der Waals surface area (Å²) in [6.07, 6.45) is 0. The number of rotatable bonds is 5. The number of nitrogens with two attached hydrogens (primary N) is 1. The summed E-state index contributed by atoms with van der Waals surface area (Å²) in [7, 11) is 0. The second-order valence-corrected chi connectivity index (χ2v) is 6.61. The first kappa shape index (κ1) is 19.2. The van der Waals surface area contributed by atoms with Crippen LogP contribution >= 0.6 is 12.4 Å². The van der Waals surface area contributed by atoms with Crippen molar-refractivity contribution < 1.29 is 4.79 Å². The average molecular weight is 333 g/mol. The van der Waals surface area contributed by atoms with Crippen LogP contribution in [-0.4, -0.2) is 5.91 Å². The molecule has 0 radical (unpaired) electrons. The highest BCUT2D eigenvalue weighted by Crippen LogP contribution is 2.22. The highest BCUT2D eigenvalue weighted by atomic mass is 35.5. The van der Waals surface area contributed by atoms with Gasteiger partial charge in [-0.2, -0.15) is 0 Å². The van der Waals surface area contributed by atoms with E-state index in [4.69, 9.17) is 5.73 Å². The molecule has 0 aliphatic heterocycles. The fourth-order valence-corrected chi connectivity index (χ4v) is 2.26. The molecule has 4 heteroatoms. The molecular weight excluding hydrogens is 308 g/mol. The van der Waals surface area contributed by atoms with Gasteiger partial charge in [0, 0.05) is 18.7 Å². The van der Waals surface area contributed by atoms with Crippen molar-refractivity contribution in [2.45, 2.75) is 39.3 Å². The van der Waals surface area contributed by atoms with Crippen LogP contribution in [0.4, 0.5) is 0 Å². The van der Waals surface area contributed by atoms with Crippen LogP contribution in [0.5, 0.6) is 0 Å². The minimum absolute atomic E-state index is 0. The van der Waals surface area contributed by atoms with Crippen molar-refractivity contribution in [1.82, 2.24) is 5.32 Å². The Hall–Kier alpha value is -1.84. The number of halogens is 1. The van der Waals surface area contributed by atoms with Gasteiger partial charge in [0.2, 0.25) is 5.91 Å². The normalized spacial score (nSPS) is 10.9. The lowest BCUT2D eigenvalue weighted by Crippen LogP contribution is -2.14. The monoisotopic (exact) mass is 332 g/mol. The van der Waals surface area contributed by atoms with E-state index in [9.17, 15) is 4.79 Å². The fourth-order valence-electron chi connectivity index (χ4n) is 2.26. The van der Waals surface area contributed by atoms with Gasteiger partial charge in [-0.25, -0.2) is 0 Å². The smallest absolute Gasteiger partial charge is 0.248 e. The van der Waals surface area contributed by atoms with Crippen molar-refractivity contribution in [3.63, 3.8) is 0 Å². The van der Waals surface area contributed by atoms with E-state index in [-0.39, 0.29) is 17.8 Å². The lowest BCUT2D eigenvalue weighted by molar-refractivity contribution is 0.100. The molecule has 0 unspecified atom stereocenters. The molecule has 0 heterocycles. The minimum atomic E-state index is -0.390. The molecule has 0 atom stereocenters. The molecule has 2 aromatic rings. The van der Waals surface area contributed by atoms with Gasteiger partial charge in [0.05, 0.1) is 0 Å². The molecule has 3 N–H and O–H groups in total. The van der Waals surface area contributed by atoms with Crippen LogP contribution in [0.1, 0.15) is 47.8 Å². The number of nitrogens with one attached hydrogen (secondary N) is 1.